The average molecular weight is 238 g/mol. The van der Waals surface area contributed by atoms with Gasteiger partial charge in [-0.05, 0) is 60.6 Å². The predicted octanol–water partition coefficient (Wildman–Crippen LogP) is 4.24. The summed E-state index contributed by atoms with van der Waals surface area (Å²) in [6.45, 7) is 2.74. The standard InChI is InChI=1S/C17H18O/c1-2-18-15-9-3-8-14(12-15)17-11-5-7-13-6-4-10-16(13)17/h3,5,7-9,11-12H,2,4,6,10H2,1H3. The fourth-order valence-electron chi connectivity index (χ4n) is 2.81. The summed E-state index contributed by atoms with van der Waals surface area (Å²) in [4.78, 5) is 0. The Bertz CT molecular complexity index is 557. The monoisotopic (exact) mass is 238 g/mol. The van der Waals surface area contributed by atoms with Crippen LogP contribution in [0.3, 0.4) is 0 Å². The summed E-state index contributed by atoms with van der Waals surface area (Å²) in [6, 6.07) is 15.1. The maximum absolute atomic E-state index is 5.59. The molecule has 2 aromatic rings. The lowest BCUT2D eigenvalue weighted by Crippen LogP contribution is -1.92. The maximum Gasteiger partial charge on any atom is 0.119 e. The Morgan fingerprint density at radius 3 is 2.83 bits per heavy atom. The second kappa shape index (κ2) is 4.85. The van der Waals surface area contributed by atoms with Crippen molar-refractivity contribution in [2.75, 3.05) is 6.61 Å². The molecule has 1 aliphatic carbocycles. The lowest BCUT2D eigenvalue weighted by atomic mass is 9.97. The molecule has 0 aromatic heterocycles. The SMILES string of the molecule is CCOc1cccc(-c2cccc3c2CCC3)c1. The van der Waals surface area contributed by atoms with Gasteiger partial charge in [0, 0.05) is 0 Å². The van der Waals surface area contributed by atoms with Crippen molar-refractivity contribution in [2.24, 2.45) is 0 Å². The van der Waals surface area contributed by atoms with Gasteiger partial charge in [-0.1, -0.05) is 30.3 Å². The van der Waals surface area contributed by atoms with E-state index in [0.717, 1.165) is 12.4 Å². The second-order valence-electron chi connectivity index (χ2n) is 4.76. The normalized spacial score (nSPS) is 13.4. The molecule has 0 bridgehead atoms. The molecule has 1 aliphatic rings. The largest absolute Gasteiger partial charge is 0.494 e. The van der Waals surface area contributed by atoms with E-state index >= 15 is 0 Å². The Balaban J connectivity index is 2.05. The number of rotatable bonds is 3. The van der Waals surface area contributed by atoms with Gasteiger partial charge in [-0.15, -0.1) is 0 Å². The van der Waals surface area contributed by atoms with Crippen LogP contribution in [0.2, 0.25) is 0 Å². The van der Waals surface area contributed by atoms with Crippen molar-refractivity contribution >= 4 is 0 Å². The van der Waals surface area contributed by atoms with Gasteiger partial charge in [-0.3, -0.25) is 0 Å². The number of aryl methyl sites for hydroxylation is 1. The molecule has 2 aromatic carbocycles. The van der Waals surface area contributed by atoms with Gasteiger partial charge in [0.2, 0.25) is 0 Å². The van der Waals surface area contributed by atoms with Gasteiger partial charge in [-0.2, -0.15) is 0 Å². The van der Waals surface area contributed by atoms with Gasteiger partial charge in [0.25, 0.3) is 0 Å². The van der Waals surface area contributed by atoms with Crippen LogP contribution in [-0.2, 0) is 12.8 Å². The molecule has 3 rings (SSSR count). The molecule has 1 heteroatoms. The minimum absolute atomic E-state index is 0.719. The maximum atomic E-state index is 5.59. The molecule has 18 heavy (non-hydrogen) atoms. The van der Waals surface area contributed by atoms with Crippen molar-refractivity contribution in [2.45, 2.75) is 26.2 Å². The van der Waals surface area contributed by atoms with E-state index in [1.54, 1.807) is 0 Å². The average Bonchev–Trinajstić information content (AvgIpc) is 2.87. The molecule has 92 valence electrons. The van der Waals surface area contributed by atoms with Crippen molar-refractivity contribution in [1.82, 2.24) is 0 Å². The third-order valence-electron chi connectivity index (χ3n) is 3.60. The molecular formula is C17H18O. The molecule has 1 nitrogen and oxygen atoms in total. The van der Waals surface area contributed by atoms with E-state index in [4.69, 9.17) is 4.74 Å². The molecule has 0 N–H and O–H groups in total. The van der Waals surface area contributed by atoms with E-state index < -0.39 is 0 Å². The van der Waals surface area contributed by atoms with Gasteiger partial charge in [0.05, 0.1) is 6.61 Å². The van der Waals surface area contributed by atoms with Crippen LogP contribution in [0, 0.1) is 0 Å². The van der Waals surface area contributed by atoms with Gasteiger partial charge >= 0.3 is 0 Å². The molecule has 0 atom stereocenters. The lowest BCUT2D eigenvalue weighted by molar-refractivity contribution is 0.340. The molecule has 0 radical (unpaired) electrons. The highest BCUT2D eigenvalue weighted by atomic mass is 16.5. The minimum Gasteiger partial charge on any atom is -0.494 e. The van der Waals surface area contributed by atoms with Gasteiger partial charge < -0.3 is 4.74 Å². The van der Waals surface area contributed by atoms with Crippen LogP contribution in [-0.4, -0.2) is 6.61 Å². The van der Waals surface area contributed by atoms with Crippen molar-refractivity contribution in [3.8, 4) is 16.9 Å². The van der Waals surface area contributed by atoms with E-state index in [1.165, 1.54) is 41.5 Å². The van der Waals surface area contributed by atoms with Crippen LogP contribution in [0.1, 0.15) is 24.5 Å². The number of ether oxygens (including phenoxy) is 1. The number of hydrogen-bond acceptors (Lipinski definition) is 1. The summed E-state index contributed by atoms with van der Waals surface area (Å²) >= 11 is 0. The summed E-state index contributed by atoms with van der Waals surface area (Å²) < 4.78 is 5.59. The highest BCUT2D eigenvalue weighted by Gasteiger charge is 2.15. The minimum atomic E-state index is 0.719. The van der Waals surface area contributed by atoms with E-state index in [-0.39, 0.29) is 0 Å². The molecule has 0 heterocycles. The van der Waals surface area contributed by atoms with Crippen LogP contribution < -0.4 is 4.74 Å². The smallest absolute Gasteiger partial charge is 0.119 e. The van der Waals surface area contributed by atoms with E-state index in [1.807, 2.05) is 13.0 Å². The van der Waals surface area contributed by atoms with Crippen LogP contribution in [0.5, 0.6) is 5.75 Å². The Morgan fingerprint density at radius 1 is 1.06 bits per heavy atom. The van der Waals surface area contributed by atoms with Crippen molar-refractivity contribution in [1.29, 1.82) is 0 Å². The zero-order chi connectivity index (χ0) is 12.4. The molecule has 0 unspecified atom stereocenters. The van der Waals surface area contributed by atoms with Crippen molar-refractivity contribution < 1.29 is 4.74 Å². The van der Waals surface area contributed by atoms with Crippen LogP contribution >= 0.6 is 0 Å². The van der Waals surface area contributed by atoms with Gasteiger partial charge in [0.1, 0.15) is 5.75 Å². The van der Waals surface area contributed by atoms with Crippen LogP contribution in [0.4, 0.5) is 0 Å². The summed E-state index contributed by atoms with van der Waals surface area (Å²) in [7, 11) is 0. The first-order chi connectivity index (χ1) is 8.88. The summed E-state index contributed by atoms with van der Waals surface area (Å²) in [5.41, 5.74) is 5.71. The zero-order valence-corrected chi connectivity index (χ0v) is 10.8. The molecule has 0 spiro atoms. The molecular weight excluding hydrogens is 220 g/mol. The van der Waals surface area contributed by atoms with Gasteiger partial charge in [0.15, 0.2) is 0 Å². The van der Waals surface area contributed by atoms with E-state index in [2.05, 4.69) is 36.4 Å². The Hall–Kier alpha value is -1.76. The number of fused-ring (bicyclic) bond motifs is 1. The summed E-state index contributed by atoms with van der Waals surface area (Å²) in [5.74, 6) is 0.964. The van der Waals surface area contributed by atoms with E-state index in [9.17, 15) is 0 Å². The van der Waals surface area contributed by atoms with E-state index in [0.29, 0.717) is 0 Å². The zero-order valence-electron chi connectivity index (χ0n) is 10.8. The molecule has 0 saturated heterocycles. The predicted molar refractivity (Wildman–Crippen MR) is 75.1 cm³/mol. The Labute approximate surface area is 108 Å². The number of hydrogen-bond donors (Lipinski definition) is 0. The Morgan fingerprint density at radius 2 is 1.94 bits per heavy atom. The lowest BCUT2D eigenvalue weighted by Gasteiger charge is -2.10. The second-order valence-corrected chi connectivity index (χ2v) is 4.76. The highest BCUT2D eigenvalue weighted by molar-refractivity contribution is 5.70. The van der Waals surface area contributed by atoms with Crippen molar-refractivity contribution in [3.05, 3.63) is 53.6 Å². The molecule has 0 aliphatic heterocycles. The topological polar surface area (TPSA) is 9.23 Å². The molecule has 0 amide bonds. The van der Waals surface area contributed by atoms with Crippen LogP contribution in [0.15, 0.2) is 42.5 Å². The van der Waals surface area contributed by atoms with Crippen LogP contribution in [0.25, 0.3) is 11.1 Å². The highest BCUT2D eigenvalue weighted by Crippen LogP contribution is 2.33. The molecule has 0 saturated carbocycles. The first-order valence-electron chi connectivity index (χ1n) is 6.72. The third-order valence-corrected chi connectivity index (χ3v) is 3.60. The first-order valence-corrected chi connectivity index (χ1v) is 6.72. The summed E-state index contributed by atoms with van der Waals surface area (Å²) in [6.07, 6.45) is 3.73. The van der Waals surface area contributed by atoms with Gasteiger partial charge in [-0.25, -0.2) is 0 Å². The fourth-order valence-corrected chi connectivity index (χ4v) is 2.81. The molecule has 0 fully saturated rings. The first kappa shape index (κ1) is 11.3. The fraction of sp³-hybridized carbons (Fsp3) is 0.294. The number of benzene rings is 2. The summed E-state index contributed by atoms with van der Waals surface area (Å²) in [5, 5.41) is 0. The Kier molecular flexibility index (Phi) is 3.06. The van der Waals surface area contributed by atoms with Crippen molar-refractivity contribution in [3.63, 3.8) is 0 Å². The third kappa shape index (κ3) is 2.01. The quantitative estimate of drug-likeness (QED) is 0.777.